The first-order valence-corrected chi connectivity index (χ1v) is 9.70. The molecule has 1 aromatic heterocycles. The third-order valence-corrected chi connectivity index (χ3v) is 4.77. The molecule has 2 aromatic carbocycles. The van der Waals surface area contributed by atoms with Crippen LogP contribution in [0.4, 0.5) is 11.4 Å². The van der Waals surface area contributed by atoms with Crippen molar-refractivity contribution >= 4 is 35.0 Å². The SMILES string of the molecule is Cn1nnnc1SCC(=O)Nc1ccc(C(=O)Nc2ccc(OCC#N)cc2)cc1. The molecule has 0 aliphatic heterocycles. The molecule has 2 N–H and O–H groups in total. The van der Waals surface area contributed by atoms with Crippen molar-refractivity contribution in [1.29, 1.82) is 5.26 Å². The van der Waals surface area contributed by atoms with Crippen LogP contribution in [0, 0.1) is 11.3 Å². The Labute approximate surface area is 176 Å². The molecule has 3 aromatic rings. The molecule has 0 saturated heterocycles. The van der Waals surface area contributed by atoms with Crippen LogP contribution < -0.4 is 15.4 Å². The second-order valence-electron chi connectivity index (χ2n) is 5.92. The fourth-order valence-corrected chi connectivity index (χ4v) is 2.98. The highest BCUT2D eigenvalue weighted by molar-refractivity contribution is 7.99. The quantitative estimate of drug-likeness (QED) is 0.526. The molecule has 3 rings (SSSR count). The molecule has 10 nitrogen and oxygen atoms in total. The molecular formula is C19H17N7O3S. The van der Waals surface area contributed by atoms with Gasteiger partial charge in [0.05, 0.1) is 5.75 Å². The summed E-state index contributed by atoms with van der Waals surface area (Å²) in [5.41, 5.74) is 1.61. The predicted octanol–water partition coefficient (Wildman–Crippen LogP) is 2.10. The lowest BCUT2D eigenvalue weighted by atomic mass is 10.2. The van der Waals surface area contributed by atoms with Crippen molar-refractivity contribution in [3.63, 3.8) is 0 Å². The van der Waals surface area contributed by atoms with Crippen LogP contribution in [0.3, 0.4) is 0 Å². The number of carbonyl (C=O) groups excluding carboxylic acids is 2. The summed E-state index contributed by atoms with van der Waals surface area (Å²) in [5, 5.41) is 25.6. The summed E-state index contributed by atoms with van der Waals surface area (Å²) in [5.74, 6) is 0.205. The summed E-state index contributed by atoms with van der Waals surface area (Å²) in [4.78, 5) is 24.4. The van der Waals surface area contributed by atoms with Crippen molar-refractivity contribution in [2.24, 2.45) is 7.05 Å². The number of aromatic nitrogens is 4. The van der Waals surface area contributed by atoms with Gasteiger partial charge in [0.2, 0.25) is 11.1 Å². The van der Waals surface area contributed by atoms with Crippen molar-refractivity contribution in [2.45, 2.75) is 5.16 Å². The van der Waals surface area contributed by atoms with Crippen LogP contribution in [-0.4, -0.2) is 44.4 Å². The lowest BCUT2D eigenvalue weighted by Crippen LogP contribution is -2.15. The van der Waals surface area contributed by atoms with Crippen molar-refractivity contribution in [3.8, 4) is 11.8 Å². The third-order valence-electron chi connectivity index (χ3n) is 3.76. The van der Waals surface area contributed by atoms with Crippen LogP contribution in [0.15, 0.2) is 53.7 Å². The number of nitrogens with zero attached hydrogens (tertiary/aromatic N) is 5. The number of tetrazole rings is 1. The highest BCUT2D eigenvalue weighted by Crippen LogP contribution is 2.18. The van der Waals surface area contributed by atoms with E-state index in [0.717, 1.165) is 0 Å². The molecule has 0 saturated carbocycles. The molecule has 152 valence electrons. The maximum Gasteiger partial charge on any atom is 0.255 e. The van der Waals surface area contributed by atoms with Crippen LogP contribution in [0.5, 0.6) is 5.75 Å². The Hall–Kier alpha value is -3.91. The fourth-order valence-electron chi connectivity index (χ4n) is 2.33. The molecule has 0 aliphatic carbocycles. The highest BCUT2D eigenvalue weighted by Gasteiger charge is 2.10. The maximum absolute atomic E-state index is 12.4. The van der Waals surface area contributed by atoms with Gasteiger partial charge in [0.25, 0.3) is 5.91 Å². The number of rotatable bonds is 8. The van der Waals surface area contributed by atoms with Crippen molar-refractivity contribution in [1.82, 2.24) is 20.2 Å². The average molecular weight is 423 g/mol. The summed E-state index contributed by atoms with van der Waals surface area (Å²) in [6.07, 6.45) is 0. The molecule has 0 atom stereocenters. The van der Waals surface area contributed by atoms with Crippen molar-refractivity contribution in [2.75, 3.05) is 23.0 Å². The Kier molecular flexibility index (Phi) is 6.96. The van der Waals surface area contributed by atoms with Crippen LogP contribution in [0.25, 0.3) is 0 Å². The number of nitriles is 1. The van der Waals surface area contributed by atoms with E-state index in [1.807, 2.05) is 6.07 Å². The molecule has 0 fully saturated rings. The topological polar surface area (TPSA) is 135 Å². The zero-order chi connectivity index (χ0) is 21.3. The number of thioether (sulfide) groups is 1. The number of hydrogen-bond acceptors (Lipinski definition) is 8. The molecule has 30 heavy (non-hydrogen) atoms. The second kappa shape index (κ2) is 10.0. The van der Waals surface area contributed by atoms with Crippen molar-refractivity contribution < 1.29 is 14.3 Å². The van der Waals surface area contributed by atoms with Crippen LogP contribution in [0.2, 0.25) is 0 Å². The van der Waals surface area contributed by atoms with E-state index >= 15 is 0 Å². The van der Waals surface area contributed by atoms with Gasteiger partial charge in [-0.2, -0.15) is 5.26 Å². The average Bonchev–Trinajstić information content (AvgIpc) is 3.17. The summed E-state index contributed by atoms with van der Waals surface area (Å²) >= 11 is 1.22. The minimum atomic E-state index is -0.288. The van der Waals surface area contributed by atoms with E-state index in [4.69, 9.17) is 10.00 Å². The number of aryl methyl sites for hydroxylation is 1. The first-order chi connectivity index (χ1) is 14.5. The largest absolute Gasteiger partial charge is 0.479 e. The van der Waals surface area contributed by atoms with E-state index in [0.29, 0.717) is 27.8 Å². The van der Waals surface area contributed by atoms with Gasteiger partial charge in [0.15, 0.2) is 6.61 Å². The number of anilines is 2. The second-order valence-corrected chi connectivity index (χ2v) is 6.87. The molecular weight excluding hydrogens is 406 g/mol. The number of hydrogen-bond donors (Lipinski definition) is 2. The van der Waals surface area contributed by atoms with E-state index < -0.39 is 0 Å². The number of nitrogens with one attached hydrogen (secondary N) is 2. The van der Waals surface area contributed by atoms with Gasteiger partial charge in [0.1, 0.15) is 11.8 Å². The first-order valence-electron chi connectivity index (χ1n) is 8.71. The predicted molar refractivity (Wildman–Crippen MR) is 110 cm³/mol. The monoisotopic (exact) mass is 423 g/mol. The lowest BCUT2D eigenvalue weighted by molar-refractivity contribution is -0.113. The zero-order valence-electron chi connectivity index (χ0n) is 15.9. The van der Waals surface area contributed by atoms with Gasteiger partial charge in [-0.25, -0.2) is 4.68 Å². The number of benzene rings is 2. The Bertz CT molecular complexity index is 1060. The molecule has 0 spiro atoms. The van der Waals surface area contributed by atoms with E-state index in [2.05, 4.69) is 26.2 Å². The van der Waals surface area contributed by atoms with Gasteiger partial charge in [-0.1, -0.05) is 11.8 Å². The molecule has 1 heterocycles. The third kappa shape index (κ3) is 5.79. The van der Waals surface area contributed by atoms with Gasteiger partial charge in [-0.05, 0) is 59.0 Å². The van der Waals surface area contributed by atoms with Gasteiger partial charge < -0.3 is 15.4 Å². The Balaban J connectivity index is 1.50. The minimum absolute atomic E-state index is 0.0370. The standard InChI is InChI=1S/C19H17N7O3S/c1-26-19(23-24-25-26)30-12-17(27)21-14-4-2-13(3-5-14)18(28)22-15-6-8-16(9-7-15)29-11-10-20/h2-9H,11-12H2,1H3,(H,21,27)(H,22,28). The van der Waals surface area contributed by atoms with E-state index in [9.17, 15) is 9.59 Å². The fraction of sp³-hybridized carbons (Fsp3) is 0.158. The zero-order valence-corrected chi connectivity index (χ0v) is 16.7. The summed E-state index contributed by atoms with van der Waals surface area (Å²) < 4.78 is 6.65. The maximum atomic E-state index is 12.4. The van der Waals surface area contributed by atoms with Gasteiger partial charge in [0, 0.05) is 24.0 Å². The molecule has 0 bridgehead atoms. The Morgan fingerprint density at radius 2 is 1.77 bits per heavy atom. The molecule has 0 unspecified atom stereocenters. The molecule has 2 amide bonds. The summed E-state index contributed by atoms with van der Waals surface area (Å²) in [6.45, 7) is -0.0370. The van der Waals surface area contributed by atoms with Gasteiger partial charge in [-0.15, -0.1) is 5.10 Å². The smallest absolute Gasteiger partial charge is 0.255 e. The molecule has 11 heteroatoms. The number of amides is 2. The summed E-state index contributed by atoms with van der Waals surface area (Å²) in [6, 6.07) is 15.1. The Morgan fingerprint density at radius 3 is 2.40 bits per heavy atom. The number of ether oxygens (including phenoxy) is 1. The van der Waals surface area contributed by atoms with Gasteiger partial charge >= 0.3 is 0 Å². The first kappa shape index (κ1) is 20.8. The molecule has 0 radical (unpaired) electrons. The van der Waals surface area contributed by atoms with E-state index in [1.165, 1.54) is 16.4 Å². The van der Waals surface area contributed by atoms with E-state index in [1.54, 1.807) is 55.6 Å². The van der Waals surface area contributed by atoms with Gasteiger partial charge in [-0.3, -0.25) is 9.59 Å². The Morgan fingerprint density at radius 1 is 1.10 bits per heavy atom. The van der Waals surface area contributed by atoms with Crippen LogP contribution in [-0.2, 0) is 11.8 Å². The van der Waals surface area contributed by atoms with Crippen LogP contribution in [0.1, 0.15) is 10.4 Å². The minimum Gasteiger partial charge on any atom is -0.479 e. The summed E-state index contributed by atoms with van der Waals surface area (Å²) in [7, 11) is 1.70. The van der Waals surface area contributed by atoms with Crippen LogP contribution >= 0.6 is 11.8 Å². The van der Waals surface area contributed by atoms with E-state index in [-0.39, 0.29) is 24.2 Å². The lowest BCUT2D eigenvalue weighted by Gasteiger charge is -2.08. The highest BCUT2D eigenvalue weighted by atomic mass is 32.2. The van der Waals surface area contributed by atoms with Crippen molar-refractivity contribution in [3.05, 3.63) is 54.1 Å². The normalized spacial score (nSPS) is 10.1. The number of carbonyl (C=O) groups is 2. The molecule has 0 aliphatic rings.